The molecule has 7 nitrogen and oxygen atoms in total. The fourth-order valence-corrected chi connectivity index (χ4v) is 6.37. The zero-order valence-corrected chi connectivity index (χ0v) is 26.7. The van der Waals surface area contributed by atoms with Crippen molar-refractivity contribution >= 4 is 12.4 Å². The third-order valence-corrected chi connectivity index (χ3v) is 9.23. The summed E-state index contributed by atoms with van der Waals surface area (Å²) in [7, 11) is 0. The third kappa shape index (κ3) is 6.90. The van der Waals surface area contributed by atoms with Crippen molar-refractivity contribution in [2.24, 2.45) is 21.5 Å². The molecule has 0 radical (unpaired) electrons. The van der Waals surface area contributed by atoms with Gasteiger partial charge in [-0.25, -0.2) is 0 Å². The van der Waals surface area contributed by atoms with Gasteiger partial charge in [-0.2, -0.15) is 9.98 Å². The van der Waals surface area contributed by atoms with E-state index in [0.717, 1.165) is 53.7 Å². The topological polar surface area (TPSA) is 104 Å². The molecule has 7 heteroatoms. The third-order valence-electron chi connectivity index (χ3n) is 9.23. The maximum absolute atomic E-state index is 6.41. The summed E-state index contributed by atoms with van der Waals surface area (Å²) in [6.07, 6.45) is 14.6. The molecule has 230 valence electrons. The van der Waals surface area contributed by atoms with E-state index in [-0.39, 0.29) is 10.8 Å². The first-order valence-corrected chi connectivity index (χ1v) is 16.0. The molecule has 42 heavy (non-hydrogen) atoms. The Morgan fingerprint density at radius 2 is 1.14 bits per heavy atom. The van der Waals surface area contributed by atoms with Crippen molar-refractivity contribution in [1.82, 2.24) is 0 Å². The number of rotatable bonds is 14. The Morgan fingerprint density at radius 3 is 1.62 bits per heavy atom. The molecule has 1 unspecified atom stereocenters. The zero-order valence-electron chi connectivity index (χ0n) is 26.7. The first-order valence-electron chi connectivity index (χ1n) is 16.0. The molecule has 0 aromatic heterocycles. The molecule has 0 saturated heterocycles. The average Bonchev–Trinajstić information content (AvgIpc) is 3.17. The first-order chi connectivity index (χ1) is 20.1. The Morgan fingerprint density at radius 1 is 0.690 bits per heavy atom. The van der Waals surface area contributed by atoms with Crippen molar-refractivity contribution in [1.29, 1.82) is 0 Å². The normalized spacial score (nSPS) is 17.9. The van der Waals surface area contributed by atoms with Gasteiger partial charge in [0.2, 0.25) is 0 Å². The second kappa shape index (κ2) is 13.7. The summed E-state index contributed by atoms with van der Waals surface area (Å²) in [5.74, 6) is 1.35. The molecule has 4 rings (SSSR count). The Bertz CT molecular complexity index is 1270. The van der Waals surface area contributed by atoms with Crippen LogP contribution in [-0.4, -0.2) is 31.6 Å². The molecular formula is C35H52N4O3. The van der Waals surface area contributed by atoms with Crippen LogP contribution in [0.3, 0.4) is 0 Å². The van der Waals surface area contributed by atoms with Crippen LogP contribution in [0.1, 0.15) is 125 Å². The minimum absolute atomic E-state index is 0.0484. The van der Waals surface area contributed by atoms with Crippen LogP contribution < -0.4 is 21.1 Å². The summed E-state index contributed by atoms with van der Waals surface area (Å²) < 4.78 is 6.41. The van der Waals surface area contributed by atoms with Crippen molar-refractivity contribution < 1.29 is 14.5 Å². The molecule has 2 aromatic rings. The van der Waals surface area contributed by atoms with Crippen molar-refractivity contribution in [3.05, 3.63) is 57.6 Å². The first kappa shape index (κ1) is 32.2. The van der Waals surface area contributed by atoms with Gasteiger partial charge >= 0.3 is 6.03 Å². The number of hydrogen-bond acceptors (Lipinski definition) is 7. The molecule has 2 aliphatic heterocycles. The molecule has 2 heterocycles. The van der Waals surface area contributed by atoms with Crippen LogP contribution >= 0.6 is 0 Å². The van der Waals surface area contributed by atoms with Gasteiger partial charge in [-0.3, -0.25) is 0 Å². The van der Waals surface area contributed by atoms with E-state index in [1.54, 1.807) is 6.21 Å². The summed E-state index contributed by atoms with van der Waals surface area (Å²) in [5, 5.41) is 0. The number of fused-ring (bicyclic) bond motifs is 2. The number of aliphatic imine (C=N–C) groups is 2. The van der Waals surface area contributed by atoms with Crippen LogP contribution in [0.15, 0.2) is 34.3 Å². The molecule has 1 atom stereocenters. The van der Waals surface area contributed by atoms with Crippen molar-refractivity contribution in [2.45, 2.75) is 123 Å². The van der Waals surface area contributed by atoms with Crippen LogP contribution in [0.25, 0.3) is 0 Å². The average molecular weight is 577 g/mol. The smallest absolute Gasteiger partial charge is 0.422 e. The predicted molar refractivity (Wildman–Crippen MR) is 173 cm³/mol. The van der Waals surface area contributed by atoms with Crippen LogP contribution in [0.4, 0.5) is 0 Å². The molecular weight excluding hydrogens is 524 g/mol. The van der Waals surface area contributed by atoms with Crippen LogP contribution in [0.5, 0.6) is 11.5 Å². The van der Waals surface area contributed by atoms with Crippen LogP contribution in [0, 0.1) is 13.8 Å². The summed E-state index contributed by atoms with van der Waals surface area (Å²) in [6, 6.07) is 7.20. The van der Waals surface area contributed by atoms with Crippen LogP contribution in [-0.2, 0) is 15.7 Å². The molecule has 2 aromatic carbocycles. The highest BCUT2D eigenvalue weighted by Crippen LogP contribution is 2.42. The standard InChI is InChI=1S/C35H52N4O3/c1-7-9-13-33(5,14-10-8-2)29-19-25(3)31-27(21-29)23-38-35(40-31)39-24-28-22-30(20-26(4)32(28)41-42-35)34(6,15-11-17-36)16-12-18-37/h19-24H,7-18,36-37H2,1-6H3. The van der Waals surface area contributed by atoms with Crippen molar-refractivity contribution in [3.8, 4) is 11.5 Å². The fourth-order valence-electron chi connectivity index (χ4n) is 6.37. The van der Waals surface area contributed by atoms with Gasteiger partial charge in [0.1, 0.15) is 5.75 Å². The van der Waals surface area contributed by atoms with Gasteiger partial charge in [-0.15, -0.1) is 0 Å². The highest BCUT2D eigenvalue weighted by Gasteiger charge is 2.41. The number of nitrogens with zero attached hydrogens (tertiary/aromatic N) is 2. The lowest BCUT2D eigenvalue weighted by molar-refractivity contribution is -0.348. The maximum Gasteiger partial charge on any atom is 0.460 e. The van der Waals surface area contributed by atoms with Crippen molar-refractivity contribution in [2.75, 3.05) is 13.1 Å². The summed E-state index contributed by atoms with van der Waals surface area (Å²) in [5.41, 5.74) is 18.2. The summed E-state index contributed by atoms with van der Waals surface area (Å²) >= 11 is 0. The molecule has 0 aliphatic carbocycles. The predicted octanol–water partition coefficient (Wildman–Crippen LogP) is 7.54. The highest BCUT2D eigenvalue weighted by atomic mass is 17.2. The van der Waals surface area contributed by atoms with E-state index in [9.17, 15) is 0 Å². The Kier molecular flexibility index (Phi) is 10.5. The lowest BCUT2D eigenvalue weighted by atomic mass is 9.73. The number of unbranched alkanes of at least 4 members (excludes halogenated alkanes) is 2. The molecule has 0 saturated carbocycles. The number of aryl methyl sites for hydroxylation is 2. The van der Waals surface area contributed by atoms with Gasteiger partial charge in [0.25, 0.3) is 0 Å². The summed E-state index contributed by atoms with van der Waals surface area (Å²) in [4.78, 5) is 21.1. The minimum Gasteiger partial charge on any atom is -0.422 e. The Balaban J connectivity index is 1.64. The minimum atomic E-state index is -1.64. The summed E-state index contributed by atoms with van der Waals surface area (Å²) in [6.45, 7) is 14.7. The maximum atomic E-state index is 6.41. The Labute approximate surface area is 253 Å². The number of hydrogen-bond donors (Lipinski definition) is 2. The monoisotopic (exact) mass is 576 g/mol. The zero-order chi connectivity index (χ0) is 30.4. The molecule has 1 spiro atoms. The van der Waals surface area contributed by atoms with E-state index in [1.807, 2.05) is 13.1 Å². The van der Waals surface area contributed by atoms with Gasteiger partial charge in [0.15, 0.2) is 5.75 Å². The van der Waals surface area contributed by atoms with E-state index in [0.29, 0.717) is 18.8 Å². The number of ether oxygens (including phenoxy) is 1. The van der Waals surface area contributed by atoms with Gasteiger partial charge in [0.05, 0.1) is 0 Å². The second-order valence-electron chi connectivity index (χ2n) is 12.9. The molecule has 4 N–H and O–H groups in total. The van der Waals surface area contributed by atoms with Gasteiger partial charge < -0.3 is 21.1 Å². The Hall–Kier alpha value is -2.74. The van der Waals surface area contributed by atoms with Crippen LogP contribution in [0.2, 0.25) is 0 Å². The van der Waals surface area contributed by atoms with E-state index in [2.05, 4.69) is 63.9 Å². The molecule has 0 fully saturated rings. The second-order valence-corrected chi connectivity index (χ2v) is 12.9. The van der Waals surface area contributed by atoms with Gasteiger partial charge in [-0.05, 0) is 111 Å². The van der Waals surface area contributed by atoms with Gasteiger partial charge in [0, 0.05) is 23.6 Å². The fraction of sp³-hybridized carbons (Fsp3) is 0.600. The number of nitrogens with two attached hydrogens (primary N) is 2. The van der Waals surface area contributed by atoms with E-state index < -0.39 is 6.03 Å². The number of benzene rings is 2. The highest BCUT2D eigenvalue weighted by molar-refractivity contribution is 5.88. The lowest BCUT2D eigenvalue weighted by Gasteiger charge is -2.33. The van der Waals surface area contributed by atoms with Gasteiger partial charge in [-0.1, -0.05) is 70.4 Å². The molecule has 0 amide bonds. The largest absolute Gasteiger partial charge is 0.460 e. The molecule has 0 bridgehead atoms. The van der Waals surface area contributed by atoms with E-state index in [4.69, 9.17) is 31.0 Å². The quantitative estimate of drug-likeness (QED) is 0.226. The van der Waals surface area contributed by atoms with Crippen molar-refractivity contribution in [3.63, 3.8) is 0 Å². The SMILES string of the molecule is CCCCC(C)(CCCC)c1cc(C)c2c(c1)C=NC1(N=Cc3cc(C(C)(CCCN)CCCN)cc(C)c3OO1)O2. The molecule has 2 aliphatic rings. The lowest BCUT2D eigenvalue weighted by Crippen LogP contribution is -2.39. The van der Waals surface area contributed by atoms with E-state index in [1.165, 1.54) is 49.7 Å². The van der Waals surface area contributed by atoms with E-state index >= 15 is 0 Å².